The number of aromatic hydroxyl groups is 1. The van der Waals surface area contributed by atoms with Gasteiger partial charge in [-0.1, -0.05) is 0 Å². The molecule has 30 heavy (non-hydrogen) atoms. The maximum atomic E-state index is 13.1. The van der Waals surface area contributed by atoms with Crippen molar-refractivity contribution in [1.82, 2.24) is 24.3 Å². The summed E-state index contributed by atoms with van der Waals surface area (Å²) in [5.74, 6) is 0.728. The molecule has 3 aromatic heterocycles. The summed E-state index contributed by atoms with van der Waals surface area (Å²) < 4.78 is 41.8. The van der Waals surface area contributed by atoms with Crippen LogP contribution in [0.25, 0.3) is 16.9 Å². The van der Waals surface area contributed by atoms with E-state index in [4.69, 9.17) is 0 Å². The van der Waals surface area contributed by atoms with E-state index in [0.29, 0.717) is 41.7 Å². The lowest BCUT2D eigenvalue weighted by Crippen LogP contribution is -2.41. The molecule has 1 aliphatic rings. The number of pyridine rings is 1. The zero-order valence-corrected chi connectivity index (χ0v) is 17.1. The first-order valence-corrected chi connectivity index (χ1v) is 11.1. The van der Waals surface area contributed by atoms with E-state index in [1.807, 2.05) is 0 Å². The summed E-state index contributed by atoms with van der Waals surface area (Å²) in [5.41, 5.74) is 1.16. The molecule has 8 nitrogen and oxygen atoms in total. The van der Waals surface area contributed by atoms with Crippen LogP contribution < -0.4 is 9.62 Å². The number of nitrogens with zero attached hydrogens (tertiary/aromatic N) is 5. The van der Waals surface area contributed by atoms with Crippen molar-refractivity contribution in [2.75, 3.05) is 30.8 Å². The van der Waals surface area contributed by atoms with Crippen LogP contribution in [0, 0.1) is 5.92 Å². The van der Waals surface area contributed by atoms with Crippen LogP contribution in [0.5, 0.6) is 5.88 Å². The first-order valence-electron chi connectivity index (χ1n) is 9.57. The lowest BCUT2D eigenvalue weighted by molar-refractivity contribution is 0.144. The molecule has 0 amide bonds. The first kappa shape index (κ1) is 20.8. The summed E-state index contributed by atoms with van der Waals surface area (Å²) in [6, 6.07) is 6.00. The van der Waals surface area contributed by atoms with Gasteiger partial charge in [0.2, 0.25) is 5.88 Å². The lowest BCUT2D eigenvalue weighted by atomic mass is 9.98. The first-order chi connectivity index (χ1) is 14.4. The van der Waals surface area contributed by atoms with Crippen LogP contribution in [0.15, 0.2) is 30.5 Å². The number of nitrogens with one attached hydrogen (secondary N) is 1. The van der Waals surface area contributed by atoms with E-state index in [1.165, 1.54) is 28.9 Å². The predicted molar refractivity (Wildman–Crippen MR) is 110 cm³/mol. The standard InChI is InChI=1S/C19H22F2N6O2S/c1-30(29)23-9-12-3-2-6-26(11-12)17-7-13(8-18(28)24-17)15-10-22-16-5-4-14(19(20)21)25-27(15)16/h4-5,7-8,10,12,19,23H,2-3,6,9,11H2,1H3,(H,24,28). The van der Waals surface area contributed by atoms with Crippen molar-refractivity contribution in [2.24, 2.45) is 5.92 Å². The third-order valence-corrected chi connectivity index (χ3v) is 5.69. The predicted octanol–water partition coefficient (Wildman–Crippen LogP) is 2.53. The number of piperidine rings is 1. The van der Waals surface area contributed by atoms with E-state index in [1.54, 1.807) is 12.3 Å². The van der Waals surface area contributed by atoms with Crippen LogP contribution in [-0.2, 0) is 11.4 Å². The molecule has 4 rings (SSSR count). The summed E-state index contributed by atoms with van der Waals surface area (Å²) in [5, 5.41) is 14.2. The van der Waals surface area contributed by atoms with Crippen molar-refractivity contribution < 1.29 is 18.4 Å². The second-order valence-electron chi connectivity index (χ2n) is 7.30. The minimum Gasteiger partial charge on any atom is -0.598 e. The number of hydrogen-bond acceptors (Lipinski definition) is 7. The highest BCUT2D eigenvalue weighted by Crippen LogP contribution is 2.30. The number of rotatable bonds is 6. The van der Waals surface area contributed by atoms with E-state index in [0.717, 1.165) is 19.4 Å². The van der Waals surface area contributed by atoms with E-state index in [9.17, 15) is 18.4 Å². The minimum absolute atomic E-state index is 0.169. The summed E-state index contributed by atoms with van der Waals surface area (Å²) in [7, 11) is 0. The molecule has 0 saturated carbocycles. The number of fused-ring (bicyclic) bond motifs is 1. The topological polar surface area (TPSA) is 102 Å². The highest BCUT2D eigenvalue weighted by Gasteiger charge is 2.23. The minimum atomic E-state index is -2.69. The second-order valence-corrected chi connectivity index (χ2v) is 8.50. The molecule has 0 bridgehead atoms. The number of anilines is 1. The van der Waals surface area contributed by atoms with Gasteiger partial charge in [-0.15, -0.1) is 4.72 Å². The Bertz CT molecular complexity index is 1030. The molecule has 0 aromatic carbocycles. The van der Waals surface area contributed by atoms with Crippen LogP contribution >= 0.6 is 0 Å². The molecule has 2 atom stereocenters. The molecular weight excluding hydrogens is 414 g/mol. The molecule has 2 N–H and O–H groups in total. The third kappa shape index (κ3) is 4.47. The van der Waals surface area contributed by atoms with Crippen LogP contribution in [0.2, 0.25) is 0 Å². The number of hydrogen-bond donors (Lipinski definition) is 2. The zero-order valence-electron chi connectivity index (χ0n) is 16.3. The maximum Gasteiger partial charge on any atom is 0.282 e. The van der Waals surface area contributed by atoms with Gasteiger partial charge in [-0.3, -0.25) is 0 Å². The fourth-order valence-corrected chi connectivity index (χ4v) is 4.16. The third-order valence-electron chi connectivity index (χ3n) is 5.12. The smallest absolute Gasteiger partial charge is 0.282 e. The van der Waals surface area contributed by atoms with Crippen LogP contribution in [0.4, 0.5) is 14.6 Å². The van der Waals surface area contributed by atoms with Gasteiger partial charge in [-0.25, -0.2) is 18.3 Å². The highest BCUT2D eigenvalue weighted by atomic mass is 32.2. The van der Waals surface area contributed by atoms with Gasteiger partial charge in [-0.05, 0) is 37.0 Å². The molecule has 11 heteroatoms. The highest BCUT2D eigenvalue weighted by molar-refractivity contribution is 7.88. The Labute approximate surface area is 175 Å². The van der Waals surface area contributed by atoms with Crippen LogP contribution in [-0.4, -0.2) is 55.1 Å². The molecule has 0 aliphatic carbocycles. The van der Waals surface area contributed by atoms with Crippen molar-refractivity contribution in [1.29, 1.82) is 0 Å². The van der Waals surface area contributed by atoms with Gasteiger partial charge in [0.15, 0.2) is 5.65 Å². The quantitative estimate of drug-likeness (QED) is 0.573. The van der Waals surface area contributed by atoms with Gasteiger partial charge in [0.1, 0.15) is 17.8 Å². The summed E-state index contributed by atoms with van der Waals surface area (Å²) in [4.78, 5) is 10.5. The van der Waals surface area contributed by atoms with Gasteiger partial charge in [0.25, 0.3) is 6.43 Å². The molecule has 1 aliphatic heterocycles. The normalized spacial score (nSPS) is 18.3. The van der Waals surface area contributed by atoms with Gasteiger partial charge < -0.3 is 14.6 Å². The van der Waals surface area contributed by atoms with Crippen molar-refractivity contribution >= 4 is 22.8 Å². The molecule has 3 aromatic rings. The Morgan fingerprint density at radius 3 is 2.97 bits per heavy atom. The summed E-state index contributed by atoms with van der Waals surface area (Å²) in [6.45, 7) is 2.13. The molecule has 0 radical (unpaired) electrons. The number of alkyl halides is 2. The van der Waals surface area contributed by atoms with Gasteiger partial charge in [-0.2, -0.15) is 10.1 Å². The Balaban J connectivity index is 1.64. The van der Waals surface area contributed by atoms with Crippen molar-refractivity contribution in [2.45, 2.75) is 19.3 Å². The lowest BCUT2D eigenvalue weighted by Gasteiger charge is -2.33. The van der Waals surface area contributed by atoms with E-state index >= 15 is 0 Å². The summed E-state index contributed by atoms with van der Waals surface area (Å²) in [6.07, 6.45) is 2.41. The van der Waals surface area contributed by atoms with E-state index in [2.05, 4.69) is 24.7 Å². The average Bonchev–Trinajstić information content (AvgIpc) is 3.15. The van der Waals surface area contributed by atoms with Crippen molar-refractivity contribution in [3.63, 3.8) is 0 Å². The molecule has 0 spiro atoms. The molecule has 4 heterocycles. The largest absolute Gasteiger partial charge is 0.598 e. The second kappa shape index (κ2) is 8.70. The maximum absolute atomic E-state index is 13.1. The SMILES string of the molecule is C[S+]([O-])NCC1CCCN(c2cc(-c3cnc4ccc(C(F)F)nn34)cc(O)n2)C1. The number of aromatic nitrogens is 4. The molecule has 1 saturated heterocycles. The molecule has 2 unspecified atom stereocenters. The molecule has 160 valence electrons. The average molecular weight is 436 g/mol. The zero-order chi connectivity index (χ0) is 21.3. The van der Waals surface area contributed by atoms with E-state index < -0.39 is 17.8 Å². The van der Waals surface area contributed by atoms with Gasteiger partial charge >= 0.3 is 0 Å². The monoisotopic (exact) mass is 436 g/mol. The fraction of sp³-hybridized carbons (Fsp3) is 0.421. The number of imidazole rings is 1. The van der Waals surface area contributed by atoms with Gasteiger partial charge in [0.05, 0.1) is 11.9 Å². The van der Waals surface area contributed by atoms with Crippen LogP contribution in [0.3, 0.4) is 0 Å². The van der Waals surface area contributed by atoms with Crippen molar-refractivity contribution in [3.8, 4) is 17.1 Å². The number of halogens is 2. The molecular formula is C19H22F2N6O2S. The Morgan fingerprint density at radius 1 is 1.37 bits per heavy atom. The van der Waals surface area contributed by atoms with Gasteiger partial charge in [0, 0.05) is 42.6 Å². The Morgan fingerprint density at radius 2 is 2.20 bits per heavy atom. The Kier molecular flexibility index (Phi) is 6.02. The summed E-state index contributed by atoms with van der Waals surface area (Å²) >= 11 is -1.06. The molecule has 1 fully saturated rings. The fourth-order valence-electron chi connectivity index (χ4n) is 3.69. The Hall–Kier alpha value is -2.50. The van der Waals surface area contributed by atoms with E-state index in [-0.39, 0.29) is 11.6 Å². The van der Waals surface area contributed by atoms with Crippen molar-refractivity contribution in [3.05, 3.63) is 36.2 Å². The van der Waals surface area contributed by atoms with Crippen LogP contribution in [0.1, 0.15) is 25.0 Å².